The molecule has 0 aliphatic heterocycles. The largest absolute Gasteiger partial charge is 0.478 e. The number of carboxylic acid groups (broad SMARTS) is 1. The predicted octanol–water partition coefficient (Wildman–Crippen LogP) is 3.66. The Kier molecular flexibility index (Phi) is 5.27. The quantitative estimate of drug-likeness (QED) is 0.849. The van der Waals surface area contributed by atoms with Gasteiger partial charge in [0, 0.05) is 23.9 Å². The molecular formula is C16H17NO4S. The summed E-state index contributed by atoms with van der Waals surface area (Å²) in [7, 11) is 0. The summed E-state index contributed by atoms with van der Waals surface area (Å²) in [5.74, 6) is -0.342. The monoisotopic (exact) mass is 319 g/mol. The first-order valence-electron chi connectivity index (χ1n) is 6.80. The Balaban J connectivity index is 2.13. The fourth-order valence-corrected chi connectivity index (χ4v) is 2.55. The van der Waals surface area contributed by atoms with Gasteiger partial charge >= 0.3 is 5.97 Å². The molecule has 0 saturated carbocycles. The van der Waals surface area contributed by atoms with Crippen molar-refractivity contribution in [2.45, 2.75) is 19.1 Å². The summed E-state index contributed by atoms with van der Waals surface area (Å²) in [6, 6.07) is 8.76. The lowest BCUT2D eigenvalue weighted by molar-refractivity contribution is 0.0694. The number of aromatic carboxylic acids is 1. The molecule has 0 fully saturated rings. The van der Waals surface area contributed by atoms with Gasteiger partial charge < -0.3 is 14.8 Å². The third-order valence-electron chi connectivity index (χ3n) is 3.11. The van der Waals surface area contributed by atoms with Crippen LogP contribution in [0.25, 0.3) is 0 Å². The van der Waals surface area contributed by atoms with Crippen LogP contribution in [0.1, 0.15) is 39.2 Å². The Morgan fingerprint density at radius 2 is 1.95 bits per heavy atom. The van der Waals surface area contributed by atoms with Crippen molar-refractivity contribution in [1.29, 1.82) is 0 Å². The minimum absolute atomic E-state index is 0.00226. The number of hydrogen-bond donors (Lipinski definition) is 2. The maximum atomic E-state index is 12.1. The van der Waals surface area contributed by atoms with E-state index in [0.717, 1.165) is 5.75 Å². The lowest BCUT2D eigenvalue weighted by atomic mass is 10.2. The van der Waals surface area contributed by atoms with Gasteiger partial charge in [-0.3, -0.25) is 4.79 Å². The van der Waals surface area contributed by atoms with Gasteiger partial charge in [-0.05, 0) is 24.0 Å². The van der Waals surface area contributed by atoms with Gasteiger partial charge in [0.25, 0.3) is 5.91 Å². The third-order valence-corrected chi connectivity index (χ3v) is 3.73. The summed E-state index contributed by atoms with van der Waals surface area (Å²) in [6.07, 6.45) is 2.44. The van der Waals surface area contributed by atoms with Crippen LogP contribution in [-0.4, -0.2) is 23.2 Å². The van der Waals surface area contributed by atoms with E-state index in [1.165, 1.54) is 11.6 Å². The SMILES string of the molecule is CCc1oc(C(=O)Nc2ccc(CSC)cc2)cc1C(=O)O. The van der Waals surface area contributed by atoms with Crippen molar-refractivity contribution in [3.63, 3.8) is 0 Å². The van der Waals surface area contributed by atoms with Gasteiger partial charge in [-0.25, -0.2) is 4.79 Å². The first-order valence-corrected chi connectivity index (χ1v) is 8.19. The summed E-state index contributed by atoms with van der Waals surface area (Å²) in [5.41, 5.74) is 1.84. The molecule has 1 amide bonds. The normalized spacial score (nSPS) is 10.5. The molecule has 0 atom stereocenters. The highest BCUT2D eigenvalue weighted by molar-refractivity contribution is 7.97. The Hall–Kier alpha value is -2.21. The van der Waals surface area contributed by atoms with E-state index < -0.39 is 11.9 Å². The lowest BCUT2D eigenvalue weighted by Crippen LogP contribution is -2.10. The number of anilines is 1. The van der Waals surface area contributed by atoms with E-state index in [2.05, 4.69) is 5.32 Å². The number of benzene rings is 1. The fourth-order valence-electron chi connectivity index (χ4n) is 2.03. The van der Waals surface area contributed by atoms with Gasteiger partial charge in [0.2, 0.25) is 0 Å². The summed E-state index contributed by atoms with van der Waals surface area (Å²) in [6.45, 7) is 1.78. The van der Waals surface area contributed by atoms with Crippen molar-refractivity contribution in [3.05, 3.63) is 53.0 Å². The van der Waals surface area contributed by atoms with E-state index in [1.807, 2.05) is 30.5 Å². The van der Waals surface area contributed by atoms with Crippen LogP contribution in [-0.2, 0) is 12.2 Å². The second-order valence-electron chi connectivity index (χ2n) is 4.69. The van der Waals surface area contributed by atoms with E-state index >= 15 is 0 Å². The van der Waals surface area contributed by atoms with Crippen LogP contribution in [0, 0.1) is 0 Å². The number of nitrogens with one attached hydrogen (secondary N) is 1. The van der Waals surface area contributed by atoms with Crippen molar-refractivity contribution < 1.29 is 19.1 Å². The van der Waals surface area contributed by atoms with E-state index in [9.17, 15) is 9.59 Å². The van der Waals surface area contributed by atoms with Crippen LogP contribution in [0.2, 0.25) is 0 Å². The molecule has 0 saturated heterocycles. The first kappa shape index (κ1) is 16.2. The van der Waals surface area contributed by atoms with Crippen LogP contribution >= 0.6 is 11.8 Å². The number of hydrogen-bond acceptors (Lipinski definition) is 4. The Morgan fingerprint density at radius 1 is 1.27 bits per heavy atom. The lowest BCUT2D eigenvalue weighted by Gasteiger charge is -2.04. The zero-order chi connectivity index (χ0) is 16.1. The molecule has 1 aromatic heterocycles. The molecular weight excluding hydrogens is 302 g/mol. The highest BCUT2D eigenvalue weighted by atomic mass is 32.2. The average molecular weight is 319 g/mol. The average Bonchev–Trinajstić information content (AvgIpc) is 2.94. The number of thioether (sulfide) groups is 1. The zero-order valence-corrected chi connectivity index (χ0v) is 13.2. The number of amides is 1. The highest BCUT2D eigenvalue weighted by Gasteiger charge is 2.20. The van der Waals surface area contributed by atoms with Gasteiger partial charge in [-0.1, -0.05) is 19.1 Å². The Morgan fingerprint density at radius 3 is 2.45 bits per heavy atom. The van der Waals surface area contributed by atoms with Crippen molar-refractivity contribution in [2.24, 2.45) is 0 Å². The standard InChI is InChI=1S/C16H17NO4S/c1-3-13-12(16(19)20)8-14(21-13)15(18)17-11-6-4-10(5-7-11)9-22-2/h4-8H,3,9H2,1-2H3,(H,17,18)(H,19,20). The van der Waals surface area contributed by atoms with E-state index in [-0.39, 0.29) is 11.3 Å². The van der Waals surface area contributed by atoms with Crippen molar-refractivity contribution in [1.82, 2.24) is 0 Å². The van der Waals surface area contributed by atoms with Gasteiger partial charge in [-0.2, -0.15) is 11.8 Å². The van der Waals surface area contributed by atoms with E-state index in [4.69, 9.17) is 9.52 Å². The van der Waals surface area contributed by atoms with Crippen molar-refractivity contribution >= 4 is 29.3 Å². The van der Waals surface area contributed by atoms with Crippen LogP contribution < -0.4 is 5.32 Å². The Labute approximate surface area is 132 Å². The van der Waals surface area contributed by atoms with Crippen LogP contribution in [0.4, 0.5) is 5.69 Å². The number of carbonyl (C=O) groups excluding carboxylic acids is 1. The molecule has 22 heavy (non-hydrogen) atoms. The summed E-state index contributed by atoms with van der Waals surface area (Å²) < 4.78 is 5.33. The molecule has 2 rings (SSSR count). The van der Waals surface area contributed by atoms with Gasteiger partial charge in [-0.15, -0.1) is 0 Å². The molecule has 0 aliphatic carbocycles. The van der Waals surface area contributed by atoms with Crippen LogP contribution in [0.15, 0.2) is 34.7 Å². The highest BCUT2D eigenvalue weighted by Crippen LogP contribution is 2.19. The number of carbonyl (C=O) groups is 2. The molecule has 116 valence electrons. The number of carboxylic acids is 1. The number of aryl methyl sites for hydroxylation is 1. The molecule has 0 spiro atoms. The zero-order valence-electron chi connectivity index (χ0n) is 12.4. The first-order chi connectivity index (χ1) is 10.5. The second-order valence-corrected chi connectivity index (χ2v) is 5.56. The summed E-state index contributed by atoms with van der Waals surface area (Å²) >= 11 is 1.72. The Bertz CT molecular complexity index is 676. The minimum atomic E-state index is -1.10. The maximum absolute atomic E-state index is 12.1. The molecule has 1 aromatic carbocycles. The topological polar surface area (TPSA) is 79.5 Å². The fraction of sp³-hybridized carbons (Fsp3) is 0.250. The summed E-state index contributed by atoms with van der Waals surface area (Å²) in [4.78, 5) is 23.2. The van der Waals surface area contributed by atoms with Gasteiger partial charge in [0.1, 0.15) is 11.3 Å². The molecule has 1 heterocycles. The smallest absolute Gasteiger partial charge is 0.339 e. The molecule has 0 radical (unpaired) electrons. The van der Waals surface area contributed by atoms with Crippen molar-refractivity contribution in [3.8, 4) is 0 Å². The molecule has 2 N–H and O–H groups in total. The third kappa shape index (κ3) is 3.71. The van der Waals surface area contributed by atoms with Crippen LogP contribution in [0.3, 0.4) is 0 Å². The predicted molar refractivity (Wildman–Crippen MR) is 86.7 cm³/mol. The second kappa shape index (κ2) is 7.17. The molecule has 5 nitrogen and oxygen atoms in total. The minimum Gasteiger partial charge on any atom is -0.478 e. The molecule has 0 bridgehead atoms. The van der Waals surface area contributed by atoms with Gasteiger partial charge in [0.15, 0.2) is 5.76 Å². The molecule has 6 heteroatoms. The number of furan rings is 1. The number of rotatable bonds is 6. The summed E-state index contributed by atoms with van der Waals surface area (Å²) in [5, 5.41) is 11.8. The van der Waals surface area contributed by atoms with Crippen molar-refractivity contribution in [2.75, 3.05) is 11.6 Å². The molecule has 2 aromatic rings. The van der Waals surface area contributed by atoms with E-state index in [1.54, 1.807) is 18.7 Å². The maximum Gasteiger partial charge on any atom is 0.339 e. The van der Waals surface area contributed by atoms with Gasteiger partial charge in [0.05, 0.1) is 0 Å². The van der Waals surface area contributed by atoms with Crippen LogP contribution in [0.5, 0.6) is 0 Å². The van der Waals surface area contributed by atoms with E-state index in [0.29, 0.717) is 17.9 Å². The molecule has 0 aliphatic rings. The molecule has 0 unspecified atom stereocenters.